The summed E-state index contributed by atoms with van der Waals surface area (Å²) in [4.78, 5) is 0. The lowest BCUT2D eigenvalue weighted by molar-refractivity contribution is -0.0502. The van der Waals surface area contributed by atoms with Crippen LogP contribution in [0.3, 0.4) is 0 Å². The fraction of sp³-hybridized carbons (Fsp3) is 0.438. The number of hydrogen-bond donors (Lipinski definition) is 0. The molecule has 0 saturated heterocycles. The second-order valence-corrected chi connectivity index (χ2v) is 6.96. The first-order chi connectivity index (χ1) is 12.2. The van der Waals surface area contributed by atoms with Gasteiger partial charge in [-0.05, 0) is 18.4 Å². The molecular formula is C16H19F3N2O4S. The first kappa shape index (κ1) is 20.2. The summed E-state index contributed by atoms with van der Waals surface area (Å²) in [7, 11) is -5.73. The van der Waals surface area contributed by atoms with Gasteiger partial charge in [0.1, 0.15) is 0 Å². The van der Waals surface area contributed by atoms with Crippen LogP contribution in [0.15, 0.2) is 36.4 Å². The standard InChI is InChI=1S/C16H19F3N2O4S/c1-2-14-11-15(25-26(22,23)16(17,18)19)21(20-14)9-6-10-24-12-13-7-4-3-5-8-13/h3-5,7-8,11H,2,6,9-10,12H2,1H3. The Hall–Kier alpha value is -2.07. The van der Waals surface area contributed by atoms with Crippen LogP contribution >= 0.6 is 0 Å². The van der Waals surface area contributed by atoms with Crippen LogP contribution in [0, 0.1) is 0 Å². The van der Waals surface area contributed by atoms with E-state index < -0.39 is 21.5 Å². The normalized spacial score (nSPS) is 12.3. The maximum atomic E-state index is 12.5. The highest BCUT2D eigenvalue weighted by Gasteiger charge is 2.49. The van der Waals surface area contributed by atoms with Crippen molar-refractivity contribution in [2.45, 2.75) is 38.4 Å². The summed E-state index contributed by atoms with van der Waals surface area (Å²) in [5.41, 5.74) is -4.06. The summed E-state index contributed by atoms with van der Waals surface area (Å²) >= 11 is 0. The van der Waals surface area contributed by atoms with Gasteiger partial charge >= 0.3 is 15.6 Å². The molecule has 0 aliphatic heterocycles. The van der Waals surface area contributed by atoms with Crippen LogP contribution in [0.5, 0.6) is 5.88 Å². The third kappa shape index (κ3) is 5.46. The Morgan fingerprint density at radius 2 is 1.88 bits per heavy atom. The van der Waals surface area contributed by atoms with Crippen LogP contribution in [0.1, 0.15) is 24.6 Å². The molecule has 0 N–H and O–H groups in total. The average Bonchev–Trinajstić information content (AvgIpc) is 2.96. The fourth-order valence-electron chi connectivity index (χ4n) is 2.09. The zero-order valence-corrected chi connectivity index (χ0v) is 14.9. The Morgan fingerprint density at radius 3 is 2.50 bits per heavy atom. The van der Waals surface area contributed by atoms with Gasteiger partial charge in [0.05, 0.1) is 12.3 Å². The molecule has 0 saturated carbocycles. The van der Waals surface area contributed by atoms with Gasteiger partial charge in [-0.25, -0.2) is 4.68 Å². The number of hydrogen-bond acceptors (Lipinski definition) is 5. The minimum Gasteiger partial charge on any atom is -0.377 e. The van der Waals surface area contributed by atoms with Crippen LogP contribution in [0.2, 0.25) is 0 Å². The number of nitrogens with zero attached hydrogens (tertiary/aromatic N) is 2. The zero-order chi connectivity index (χ0) is 19.2. The Labute approximate surface area is 149 Å². The van der Waals surface area contributed by atoms with Gasteiger partial charge < -0.3 is 8.92 Å². The van der Waals surface area contributed by atoms with E-state index in [4.69, 9.17) is 4.74 Å². The lowest BCUT2D eigenvalue weighted by Crippen LogP contribution is -2.29. The number of alkyl halides is 3. The van der Waals surface area contributed by atoms with Crippen LogP contribution in [-0.4, -0.2) is 30.3 Å². The van der Waals surface area contributed by atoms with Crippen molar-refractivity contribution in [1.82, 2.24) is 9.78 Å². The molecule has 6 nitrogen and oxygen atoms in total. The van der Waals surface area contributed by atoms with E-state index in [9.17, 15) is 21.6 Å². The summed E-state index contributed by atoms with van der Waals surface area (Å²) < 4.78 is 70.7. The van der Waals surface area contributed by atoms with E-state index in [0.717, 1.165) is 10.2 Å². The minimum atomic E-state index is -5.73. The van der Waals surface area contributed by atoms with Crippen molar-refractivity contribution in [3.8, 4) is 5.88 Å². The van der Waals surface area contributed by atoms with Crippen LogP contribution in [0.4, 0.5) is 13.2 Å². The van der Waals surface area contributed by atoms with Gasteiger partial charge in [-0.15, -0.1) is 0 Å². The number of ether oxygens (including phenoxy) is 1. The molecule has 26 heavy (non-hydrogen) atoms. The molecule has 0 unspecified atom stereocenters. The van der Waals surface area contributed by atoms with Crippen molar-refractivity contribution < 1.29 is 30.5 Å². The Bertz CT molecular complexity index is 805. The molecule has 10 heteroatoms. The van der Waals surface area contributed by atoms with E-state index in [1.165, 1.54) is 6.07 Å². The number of halogens is 3. The summed E-state index contributed by atoms with van der Waals surface area (Å²) in [5.74, 6) is -0.456. The molecule has 0 aliphatic rings. The highest BCUT2D eigenvalue weighted by Crippen LogP contribution is 2.27. The average molecular weight is 392 g/mol. The van der Waals surface area contributed by atoms with Crippen molar-refractivity contribution in [3.05, 3.63) is 47.7 Å². The molecule has 0 radical (unpaired) electrons. The second kappa shape index (κ2) is 8.54. The van der Waals surface area contributed by atoms with Gasteiger partial charge in [0, 0.05) is 19.2 Å². The van der Waals surface area contributed by atoms with Gasteiger partial charge in [-0.3, -0.25) is 0 Å². The van der Waals surface area contributed by atoms with Crippen molar-refractivity contribution in [3.63, 3.8) is 0 Å². The first-order valence-corrected chi connectivity index (χ1v) is 9.33. The molecule has 0 bridgehead atoms. The van der Waals surface area contributed by atoms with Crippen molar-refractivity contribution >= 4 is 10.1 Å². The maximum absolute atomic E-state index is 12.5. The molecule has 2 aromatic rings. The predicted molar refractivity (Wildman–Crippen MR) is 87.9 cm³/mol. The molecule has 0 amide bonds. The lowest BCUT2D eigenvalue weighted by Gasteiger charge is -2.11. The fourth-order valence-corrected chi connectivity index (χ4v) is 2.54. The van der Waals surface area contributed by atoms with E-state index >= 15 is 0 Å². The van der Waals surface area contributed by atoms with Gasteiger partial charge in [0.15, 0.2) is 0 Å². The maximum Gasteiger partial charge on any atom is 0.534 e. The van der Waals surface area contributed by atoms with Crippen molar-refractivity contribution in [2.75, 3.05) is 6.61 Å². The molecular weight excluding hydrogens is 373 g/mol. The Kier molecular flexibility index (Phi) is 6.65. The molecule has 1 heterocycles. The van der Waals surface area contributed by atoms with E-state index in [2.05, 4.69) is 9.28 Å². The molecule has 0 fully saturated rings. The minimum absolute atomic E-state index is 0.164. The van der Waals surface area contributed by atoms with E-state index in [-0.39, 0.29) is 6.54 Å². The quantitative estimate of drug-likeness (QED) is 0.372. The summed E-state index contributed by atoms with van der Waals surface area (Å²) in [6.45, 7) is 2.66. The SMILES string of the molecule is CCc1cc(OS(=O)(=O)C(F)(F)F)n(CCCOCc2ccccc2)n1. The molecule has 2 rings (SSSR count). The van der Waals surface area contributed by atoms with Crippen LogP contribution < -0.4 is 4.18 Å². The van der Waals surface area contributed by atoms with Gasteiger partial charge in [-0.1, -0.05) is 37.3 Å². The molecule has 144 valence electrons. The highest BCUT2D eigenvalue weighted by molar-refractivity contribution is 7.87. The third-order valence-corrected chi connectivity index (χ3v) is 4.36. The van der Waals surface area contributed by atoms with Gasteiger partial charge in [0.2, 0.25) is 5.88 Å². The predicted octanol–water partition coefficient (Wildman–Crippen LogP) is 3.28. The summed E-state index contributed by atoms with van der Waals surface area (Å²) in [6, 6.07) is 10.7. The van der Waals surface area contributed by atoms with E-state index in [1.807, 2.05) is 30.3 Å². The van der Waals surface area contributed by atoms with E-state index in [1.54, 1.807) is 6.92 Å². The van der Waals surface area contributed by atoms with Gasteiger partial charge in [-0.2, -0.15) is 26.7 Å². The first-order valence-electron chi connectivity index (χ1n) is 7.92. The highest BCUT2D eigenvalue weighted by atomic mass is 32.2. The molecule has 0 aliphatic carbocycles. The number of aromatic nitrogens is 2. The second-order valence-electron chi connectivity index (χ2n) is 5.43. The van der Waals surface area contributed by atoms with E-state index in [0.29, 0.717) is 31.7 Å². The zero-order valence-electron chi connectivity index (χ0n) is 14.1. The van der Waals surface area contributed by atoms with Crippen LogP contribution in [-0.2, 0) is 34.4 Å². The number of benzene rings is 1. The summed E-state index contributed by atoms with van der Waals surface area (Å²) in [5, 5.41) is 4.06. The monoisotopic (exact) mass is 392 g/mol. The number of aryl methyl sites for hydroxylation is 2. The molecule has 0 spiro atoms. The van der Waals surface area contributed by atoms with Crippen molar-refractivity contribution in [2.24, 2.45) is 0 Å². The molecule has 0 atom stereocenters. The van der Waals surface area contributed by atoms with Gasteiger partial charge in [0.25, 0.3) is 0 Å². The Balaban J connectivity index is 1.93. The van der Waals surface area contributed by atoms with Crippen LogP contribution in [0.25, 0.3) is 0 Å². The lowest BCUT2D eigenvalue weighted by atomic mass is 10.2. The molecule has 1 aromatic heterocycles. The smallest absolute Gasteiger partial charge is 0.377 e. The number of rotatable bonds is 9. The van der Waals surface area contributed by atoms with Crippen molar-refractivity contribution in [1.29, 1.82) is 0 Å². The molecule has 1 aromatic carbocycles. The largest absolute Gasteiger partial charge is 0.534 e. The summed E-state index contributed by atoms with van der Waals surface area (Å²) in [6.07, 6.45) is 0.861. The third-order valence-electron chi connectivity index (χ3n) is 3.40. The Morgan fingerprint density at radius 1 is 1.19 bits per heavy atom. The topological polar surface area (TPSA) is 70.4 Å².